The Balaban J connectivity index is 2.87. The third kappa shape index (κ3) is 3.83. The Hall–Kier alpha value is -1.92. The van der Waals surface area contributed by atoms with E-state index in [1.807, 2.05) is 30.3 Å². The van der Waals surface area contributed by atoms with E-state index in [4.69, 9.17) is 4.84 Å². The van der Waals surface area contributed by atoms with Gasteiger partial charge < -0.3 is 9.94 Å². The zero-order chi connectivity index (χ0) is 13.5. The first-order valence-electron chi connectivity index (χ1n) is 5.40. The summed E-state index contributed by atoms with van der Waals surface area (Å²) in [5.74, 6) is -1.06. The van der Waals surface area contributed by atoms with Crippen molar-refractivity contribution in [2.75, 3.05) is 14.1 Å². The fourth-order valence-corrected chi connectivity index (χ4v) is 1.59. The van der Waals surface area contributed by atoms with E-state index < -0.39 is 12.0 Å². The molecular formula is C12H16N2O4. The van der Waals surface area contributed by atoms with Gasteiger partial charge in [0, 0.05) is 20.5 Å². The van der Waals surface area contributed by atoms with Gasteiger partial charge in [0.05, 0.1) is 0 Å². The molecule has 0 unspecified atom stereocenters. The molecule has 0 aromatic heterocycles. The van der Waals surface area contributed by atoms with Gasteiger partial charge in [0.1, 0.15) is 0 Å². The van der Waals surface area contributed by atoms with Crippen molar-refractivity contribution in [3.63, 3.8) is 0 Å². The SMILES string of the molecule is CN(C)N(OC=O)[C@@H](Cc1ccccc1)C(=O)O. The highest BCUT2D eigenvalue weighted by Crippen LogP contribution is 2.10. The normalized spacial score (nSPS) is 12.4. The summed E-state index contributed by atoms with van der Waals surface area (Å²) in [6.07, 6.45) is 0.238. The summed E-state index contributed by atoms with van der Waals surface area (Å²) in [4.78, 5) is 26.4. The molecule has 0 aliphatic carbocycles. The van der Waals surface area contributed by atoms with Crippen molar-refractivity contribution in [3.8, 4) is 0 Å². The first-order valence-corrected chi connectivity index (χ1v) is 5.40. The molecule has 0 bridgehead atoms. The number of carbonyl (C=O) groups is 2. The fraction of sp³-hybridized carbons (Fsp3) is 0.333. The largest absolute Gasteiger partial charge is 0.480 e. The van der Waals surface area contributed by atoms with Crippen LogP contribution in [0.1, 0.15) is 5.56 Å². The molecule has 0 aliphatic heterocycles. The van der Waals surface area contributed by atoms with E-state index in [0.29, 0.717) is 0 Å². The van der Waals surface area contributed by atoms with Crippen molar-refractivity contribution < 1.29 is 19.5 Å². The van der Waals surface area contributed by atoms with E-state index in [-0.39, 0.29) is 12.9 Å². The lowest BCUT2D eigenvalue weighted by molar-refractivity contribution is -0.263. The van der Waals surface area contributed by atoms with Crippen LogP contribution in [0, 0.1) is 0 Å². The summed E-state index contributed by atoms with van der Waals surface area (Å²) in [5, 5.41) is 11.7. The van der Waals surface area contributed by atoms with Crippen molar-refractivity contribution in [2.45, 2.75) is 12.5 Å². The summed E-state index contributed by atoms with van der Waals surface area (Å²) in [6.45, 7) is 0.209. The number of hydrogen-bond donors (Lipinski definition) is 1. The summed E-state index contributed by atoms with van der Waals surface area (Å²) in [6, 6.07) is 8.19. The van der Waals surface area contributed by atoms with Crippen molar-refractivity contribution in [2.24, 2.45) is 0 Å². The van der Waals surface area contributed by atoms with Crippen LogP contribution in [0.4, 0.5) is 0 Å². The average Bonchev–Trinajstić information content (AvgIpc) is 2.34. The Morgan fingerprint density at radius 1 is 1.39 bits per heavy atom. The Bertz CT molecular complexity index is 394. The summed E-state index contributed by atoms with van der Waals surface area (Å²) in [5.41, 5.74) is 0.853. The predicted molar refractivity (Wildman–Crippen MR) is 64.2 cm³/mol. The van der Waals surface area contributed by atoms with Crippen LogP contribution in [0.25, 0.3) is 0 Å². The highest BCUT2D eigenvalue weighted by molar-refractivity contribution is 5.73. The second-order valence-electron chi connectivity index (χ2n) is 3.90. The number of benzene rings is 1. The van der Waals surface area contributed by atoms with Crippen molar-refractivity contribution in [1.29, 1.82) is 0 Å². The minimum Gasteiger partial charge on any atom is -0.480 e. The molecule has 18 heavy (non-hydrogen) atoms. The molecule has 6 heteroatoms. The van der Waals surface area contributed by atoms with Gasteiger partial charge in [0.15, 0.2) is 6.04 Å². The highest BCUT2D eigenvalue weighted by Gasteiger charge is 2.29. The molecule has 98 valence electrons. The monoisotopic (exact) mass is 252 g/mol. The molecular weight excluding hydrogens is 236 g/mol. The maximum absolute atomic E-state index is 11.3. The standard InChI is InChI=1S/C12H16N2O4/c1-13(2)14(18-9-15)11(12(16)17)8-10-6-4-3-5-7-10/h3-7,9,11H,8H2,1-2H3,(H,16,17)/t11-/m0/s1. The molecule has 0 saturated carbocycles. The van der Waals surface area contributed by atoms with Crippen LogP contribution in [0.5, 0.6) is 0 Å². The number of nitrogens with zero attached hydrogens (tertiary/aromatic N) is 2. The van der Waals surface area contributed by atoms with Crippen molar-refractivity contribution in [3.05, 3.63) is 35.9 Å². The maximum atomic E-state index is 11.3. The second kappa shape index (κ2) is 6.73. The quantitative estimate of drug-likeness (QED) is 0.564. The Morgan fingerprint density at radius 2 is 2.00 bits per heavy atom. The zero-order valence-corrected chi connectivity index (χ0v) is 10.3. The molecule has 0 saturated heterocycles. The Labute approximate surface area is 105 Å². The van der Waals surface area contributed by atoms with Crippen LogP contribution in [0.3, 0.4) is 0 Å². The van der Waals surface area contributed by atoms with Crippen molar-refractivity contribution in [1.82, 2.24) is 10.2 Å². The van der Waals surface area contributed by atoms with Crippen LogP contribution >= 0.6 is 0 Å². The highest BCUT2D eigenvalue weighted by atomic mass is 16.7. The van der Waals surface area contributed by atoms with Gasteiger partial charge in [-0.25, -0.2) is 5.01 Å². The summed E-state index contributed by atoms with van der Waals surface area (Å²) >= 11 is 0. The van der Waals surface area contributed by atoms with E-state index in [9.17, 15) is 14.7 Å². The first kappa shape index (κ1) is 14.1. The average molecular weight is 252 g/mol. The van der Waals surface area contributed by atoms with Crippen LogP contribution < -0.4 is 0 Å². The molecule has 0 aliphatic rings. The molecule has 0 radical (unpaired) electrons. The predicted octanol–water partition coefficient (Wildman–Crippen LogP) is 0.549. The topological polar surface area (TPSA) is 70.1 Å². The van der Waals surface area contributed by atoms with Gasteiger partial charge in [-0.05, 0) is 5.56 Å². The molecule has 0 fully saturated rings. The van der Waals surface area contributed by atoms with Gasteiger partial charge >= 0.3 is 12.4 Å². The van der Waals surface area contributed by atoms with Crippen LogP contribution in [0.2, 0.25) is 0 Å². The molecule has 0 spiro atoms. The summed E-state index contributed by atoms with van der Waals surface area (Å²) in [7, 11) is 3.20. The van der Waals surface area contributed by atoms with Gasteiger partial charge in [-0.1, -0.05) is 35.5 Å². The fourth-order valence-electron chi connectivity index (χ4n) is 1.59. The van der Waals surface area contributed by atoms with Crippen molar-refractivity contribution >= 4 is 12.4 Å². The second-order valence-corrected chi connectivity index (χ2v) is 3.90. The lowest BCUT2D eigenvalue weighted by atomic mass is 10.1. The number of carboxylic acids is 1. The lowest BCUT2D eigenvalue weighted by Gasteiger charge is -2.30. The molecule has 0 amide bonds. The lowest BCUT2D eigenvalue weighted by Crippen LogP contribution is -2.49. The zero-order valence-electron chi connectivity index (χ0n) is 10.3. The maximum Gasteiger partial charge on any atom is 0.326 e. The molecule has 1 rings (SSSR count). The van der Waals surface area contributed by atoms with Crippen LogP contribution in [-0.2, 0) is 20.8 Å². The number of rotatable bonds is 7. The van der Waals surface area contributed by atoms with Gasteiger partial charge in [0.2, 0.25) is 0 Å². The minimum absolute atomic E-state index is 0.209. The molecule has 0 heterocycles. The first-order chi connectivity index (χ1) is 8.56. The number of aliphatic carboxylic acids is 1. The van der Waals surface area contributed by atoms with E-state index >= 15 is 0 Å². The Kier molecular flexibility index (Phi) is 5.29. The number of carbonyl (C=O) groups excluding carboxylic acids is 1. The van der Waals surface area contributed by atoms with Gasteiger partial charge in [-0.15, -0.1) is 0 Å². The summed E-state index contributed by atoms with van der Waals surface area (Å²) < 4.78 is 0. The smallest absolute Gasteiger partial charge is 0.326 e. The molecule has 1 N–H and O–H groups in total. The number of hydrogen-bond acceptors (Lipinski definition) is 5. The Morgan fingerprint density at radius 3 is 2.44 bits per heavy atom. The molecule has 6 nitrogen and oxygen atoms in total. The third-order valence-electron chi connectivity index (χ3n) is 2.37. The number of hydrazine groups is 1. The van der Waals surface area contributed by atoms with Gasteiger partial charge in [-0.3, -0.25) is 9.59 Å². The van der Waals surface area contributed by atoms with E-state index in [2.05, 4.69) is 0 Å². The van der Waals surface area contributed by atoms with Gasteiger partial charge in [-0.2, -0.15) is 0 Å². The van der Waals surface area contributed by atoms with E-state index in [1.165, 1.54) is 5.01 Å². The van der Waals surface area contributed by atoms with Crippen LogP contribution in [0.15, 0.2) is 30.3 Å². The van der Waals surface area contributed by atoms with E-state index in [0.717, 1.165) is 10.7 Å². The molecule has 1 aromatic rings. The number of carboxylic acid groups (broad SMARTS) is 1. The molecule has 1 aromatic carbocycles. The molecule has 1 atom stereocenters. The third-order valence-corrected chi connectivity index (χ3v) is 2.37. The number of hydroxylamine groups is 1. The van der Waals surface area contributed by atoms with Crippen LogP contribution in [-0.4, -0.2) is 47.9 Å². The minimum atomic E-state index is -1.06. The van der Waals surface area contributed by atoms with Gasteiger partial charge in [0.25, 0.3) is 0 Å². The van der Waals surface area contributed by atoms with E-state index in [1.54, 1.807) is 14.1 Å².